The van der Waals surface area contributed by atoms with Gasteiger partial charge in [0.2, 0.25) is 5.91 Å². The Labute approximate surface area is 139 Å². The fourth-order valence-corrected chi connectivity index (χ4v) is 2.68. The summed E-state index contributed by atoms with van der Waals surface area (Å²) >= 11 is 1.44. The van der Waals surface area contributed by atoms with Crippen molar-refractivity contribution in [3.8, 4) is 0 Å². The maximum atomic E-state index is 12.1. The first-order valence-corrected chi connectivity index (χ1v) is 8.00. The molecule has 0 spiro atoms. The maximum Gasteiger partial charge on any atom is 0.262 e. The summed E-state index contributed by atoms with van der Waals surface area (Å²) in [4.78, 5) is 28.8. The standard InChI is InChI=1S/C14H20N4O2S.ClH/c1-2-5-15-6-7-16-12(19)3-8-18-10-17-13-11(14(18)20)4-9-21-13;/h4,9-10,15H,2-3,5-8H2,1H3,(H,16,19);1H. The van der Waals surface area contributed by atoms with Gasteiger partial charge in [0.25, 0.3) is 5.56 Å². The van der Waals surface area contributed by atoms with Crippen LogP contribution in [0.4, 0.5) is 0 Å². The second-order valence-corrected chi connectivity index (χ2v) is 5.63. The van der Waals surface area contributed by atoms with Crippen LogP contribution in [0.25, 0.3) is 10.2 Å². The number of hydrogen-bond donors (Lipinski definition) is 2. The SMILES string of the molecule is CCCNCCNC(=O)CCn1cnc2sccc2c1=O.Cl. The molecule has 0 bridgehead atoms. The topological polar surface area (TPSA) is 76.0 Å². The third kappa shape index (κ3) is 5.08. The number of carbonyl (C=O) groups is 1. The fourth-order valence-electron chi connectivity index (χ4n) is 1.96. The molecule has 0 saturated carbocycles. The maximum absolute atomic E-state index is 12.1. The Morgan fingerprint density at radius 1 is 1.36 bits per heavy atom. The monoisotopic (exact) mass is 344 g/mol. The summed E-state index contributed by atoms with van der Waals surface area (Å²) in [5.41, 5.74) is -0.0846. The van der Waals surface area contributed by atoms with Crippen molar-refractivity contribution in [1.82, 2.24) is 20.2 Å². The van der Waals surface area contributed by atoms with Gasteiger partial charge < -0.3 is 10.6 Å². The first-order valence-electron chi connectivity index (χ1n) is 7.12. The summed E-state index contributed by atoms with van der Waals surface area (Å²) in [6, 6.07) is 1.77. The van der Waals surface area contributed by atoms with E-state index >= 15 is 0 Å². The lowest BCUT2D eigenvalue weighted by molar-refractivity contribution is -0.121. The molecule has 0 aromatic carbocycles. The fraction of sp³-hybridized carbons (Fsp3) is 0.500. The number of carbonyl (C=O) groups excluding carboxylic acids is 1. The molecular formula is C14H21ClN4O2S. The van der Waals surface area contributed by atoms with Gasteiger partial charge in [0.05, 0.1) is 11.7 Å². The normalized spacial score (nSPS) is 10.4. The van der Waals surface area contributed by atoms with Gasteiger partial charge >= 0.3 is 0 Å². The van der Waals surface area contributed by atoms with Gasteiger partial charge in [0.1, 0.15) is 4.83 Å². The van der Waals surface area contributed by atoms with Crippen LogP contribution in [-0.4, -0.2) is 35.1 Å². The Morgan fingerprint density at radius 2 is 2.18 bits per heavy atom. The summed E-state index contributed by atoms with van der Waals surface area (Å²) in [5.74, 6) is -0.0504. The molecule has 2 heterocycles. The zero-order valence-electron chi connectivity index (χ0n) is 12.5. The molecule has 0 saturated heterocycles. The van der Waals surface area contributed by atoms with E-state index in [0.29, 0.717) is 18.5 Å². The zero-order valence-corrected chi connectivity index (χ0v) is 14.1. The van der Waals surface area contributed by atoms with Crippen molar-refractivity contribution >= 4 is 39.9 Å². The highest BCUT2D eigenvalue weighted by atomic mass is 35.5. The number of aromatic nitrogens is 2. The molecule has 6 nitrogen and oxygen atoms in total. The van der Waals surface area contributed by atoms with Crippen molar-refractivity contribution in [3.63, 3.8) is 0 Å². The lowest BCUT2D eigenvalue weighted by Crippen LogP contribution is -2.33. The number of aryl methyl sites for hydroxylation is 1. The Kier molecular flexibility index (Phi) is 8.08. The minimum atomic E-state index is -0.0846. The average Bonchev–Trinajstić information content (AvgIpc) is 2.96. The van der Waals surface area contributed by atoms with E-state index < -0.39 is 0 Å². The zero-order chi connectivity index (χ0) is 15.1. The quantitative estimate of drug-likeness (QED) is 0.709. The van der Waals surface area contributed by atoms with Crippen molar-refractivity contribution in [1.29, 1.82) is 0 Å². The third-order valence-electron chi connectivity index (χ3n) is 3.08. The van der Waals surface area contributed by atoms with Gasteiger partial charge in [-0.15, -0.1) is 23.7 Å². The molecule has 2 rings (SSSR count). The van der Waals surface area contributed by atoms with E-state index in [1.54, 1.807) is 6.07 Å². The lowest BCUT2D eigenvalue weighted by atomic mass is 10.3. The first-order chi connectivity index (χ1) is 10.2. The summed E-state index contributed by atoms with van der Waals surface area (Å²) < 4.78 is 1.49. The van der Waals surface area contributed by atoms with Crippen LogP contribution in [0.2, 0.25) is 0 Å². The molecule has 122 valence electrons. The number of amides is 1. The molecule has 0 fully saturated rings. The van der Waals surface area contributed by atoms with Crippen molar-refractivity contribution in [3.05, 3.63) is 28.1 Å². The summed E-state index contributed by atoms with van der Waals surface area (Å²) in [6.07, 6.45) is 2.87. The molecule has 0 atom stereocenters. The van der Waals surface area contributed by atoms with Crippen LogP contribution in [0, 0.1) is 0 Å². The number of thiophene rings is 1. The Bertz CT molecular complexity index is 656. The van der Waals surface area contributed by atoms with E-state index in [2.05, 4.69) is 22.5 Å². The highest BCUT2D eigenvalue weighted by Gasteiger charge is 2.06. The van der Waals surface area contributed by atoms with Crippen LogP contribution < -0.4 is 16.2 Å². The highest BCUT2D eigenvalue weighted by molar-refractivity contribution is 7.16. The lowest BCUT2D eigenvalue weighted by Gasteiger charge is -2.07. The molecule has 1 amide bonds. The van der Waals surface area contributed by atoms with E-state index in [0.717, 1.165) is 24.3 Å². The predicted molar refractivity (Wildman–Crippen MR) is 91.9 cm³/mol. The van der Waals surface area contributed by atoms with Crippen LogP contribution >= 0.6 is 23.7 Å². The first kappa shape index (κ1) is 18.6. The van der Waals surface area contributed by atoms with E-state index in [1.807, 2.05) is 5.38 Å². The second-order valence-electron chi connectivity index (χ2n) is 4.73. The second kappa shape index (κ2) is 9.55. The van der Waals surface area contributed by atoms with Crippen molar-refractivity contribution in [2.45, 2.75) is 26.3 Å². The van der Waals surface area contributed by atoms with Gasteiger partial charge in [0, 0.05) is 26.1 Å². The molecule has 0 aliphatic rings. The van der Waals surface area contributed by atoms with Gasteiger partial charge in [0.15, 0.2) is 0 Å². The number of hydrogen-bond acceptors (Lipinski definition) is 5. The van der Waals surface area contributed by atoms with Gasteiger partial charge in [-0.1, -0.05) is 6.92 Å². The average molecular weight is 345 g/mol. The minimum Gasteiger partial charge on any atom is -0.355 e. The molecule has 22 heavy (non-hydrogen) atoms. The number of halogens is 1. The molecule has 2 N–H and O–H groups in total. The Balaban J connectivity index is 0.00000242. The molecule has 2 aromatic rings. The van der Waals surface area contributed by atoms with Gasteiger partial charge in [-0.05, 0) is 24.4 Å². The predicted octanol–water partition coefficient (Wildman–Crippen LogP) is 1.39. The van der Waals surface area contributed by atoms with Gasteiger partial charge in [-0.3, -0.25) is 14.2 Å². The Morgan fingerprint density at radius 3 is 2.95 bits per heavy atom. The number of nitrogens with zero attached hydrogens (tertiary/aromatic N) is 2. The summed E-state index contributed by atoms with van der Waals surface area (Å²) in [7, 11) is 0. The van der Waals surface area contributed by atoms with E-state index in [4.69, 9.17) is 0 Å². The highest BCUT2D eigenvalue weighted by Crippen LogP contribution is 2.13. The van der Waals surface area contributed by atoms with Crippen molar-refractivity contribution in [2.75, 3.05) is 19.6 Å². The minimum absolute atomic E-state index is 0. The molecule has 0 radical (unpaired) electrons. The molecular weight excluding hydrogens is 324 g/mol. The molecule has 8 heteroatoms. The van der Waals surface area contributed by atoms with Crippen LogP contribution in [0.1, 0.15) is 19.8 Å². The number of rotatable bonds is 8. The smallest absolute Gasteiger partial charge is 0.262 e. The van der Waals surface area contributed by atoms with Crippen molar-refractivity contribution < 1.29 is 4.79 Å². The van der Waals surface area contributed by atoms with Gasteiger partial charge in [-0.25, -0.2) is 4.98 Å². The largest absolute Gasteiger partial charge is 0.355 e. The number of fused-ring (bicyclic) bond motifs is 1. The van der Waals surface area contributed by atoms with Crippen LogP contribution in [-0.2, 0) is 11.3 Å². The molecule has 0 unspecified atom stereocenters. The molecule has 0 aliphatic carbocycles. The Hall–Kier alpha value is -1.44. The van der Waals surface area contributed by atoms with Crippen LogP contribution in [0.15, 0.2) is 22.6 Å². The third-order valence-corrected chi connectivity index (χ3v) is 3.90. The van der Waals surface area contributed by atoms with Crippen LogP contribution in [0.5, 0.6) is 0 Å². The van der Waals surface area contributed by atoms with E-state index in [1.165, 1.54) is 22.2 Å². The van der Waals surface area contributed by atoms with Crippen molar-refractivity contribution in [2.24, 2.45) is 0 Å². The van der Waals surface area contributed by atoms with E-state index in [9.17, 15) is 9.59 Å². The van der Waals surface area contributed by atoms with E-state index in [-0.39, 0.29) is 30.3 Å². The molecule has 0 aliphatic heterocycles. The summed E-state index contributed by atoms with van der Waals surface area (Å²) in [6.45, 7) is 4.78. The molecule has 2 aromatic heterocycles. The van der Waals surface area contributed by atoms with Crippen LogP contribution in [0.3, 0.4) is 0 Å². The van der Waals surface area contributed by atoms with Gasteiger partial charge in [-0.2, -0.15) is 0 Å². The summed E-state index contributed by atoms with van der Waals surface area (Å²) in [5, 5.41) is 8.50. The number of nitrogens with one attached hydrogen (secondary N) is 2.